The number of anilines is 1. The fraction of sp³-hybridized carbons (Fsp3) is 0.250. The van der Waals surface area contributed by atoms with Crippen molar-refractivity contribution in [2.75, 3.05) is 11.6 Å². The Hall–Kier alpha value is -3.26. The first kappa shape index (κ1) is 22.0. The van der Waals surface area contributed by atoms with Gasteiger partial charge in [0.15, 0.2) is 0 Å². The summed E-state index contributed by atoms with van der Waals surface area (Å²) in [5, 5.41) is 3.44. The molecule has 0 radical (unpaired) electrons. The van der Waals surface area contributed by atoms with Crippen molar-refractivity contribution in [1.82, 2.24) is 9.97 Å². The number of aromatic nitrogens is 2. The topological polar surface area (TPSA) is 76.5 Å². The summed E-state index contributed by atoms with van der Waals surface area (Å²) < 4.78 is 20.2. The molecule has 2 aromatic carbocycles. The van der Waals surface area contributed by atoms with E-state index in [9.17, 15) is 9.18 Å². The van der Waals surface area contributed by atoms with Crippen LogP contribution in [0.15, 0.2) is 59.7 Å². The van der Waals surface area contributed by atoms with E-state index < -0.39 is 17.4 Å². The zero-order valence-corrected chi connectivity index (χ0v) is 18.9. The smallest absolute Gasteiger partial charge is 0.411 e. The van der Waals surface area contributed by atoms with E-state index in [0.29, 0.717) is 23.5 Å². The van der Waals surface area contributed by atoms with Crippen molar-refractivity contribution in [3.8, 4) is 0 Å². The number of halogens is 1. The number of carbonyl (C=O) groups excluding carboxylic acids is 1. The highest BCUT2D eigenvalue weighted by Crippen LogP contribution is 2.38. The summed E-state index contributed by atoms with van der Waals surface area (Å²) >= 11 is 1.47. The summed E-state index contributed by atoms with van der Waals surface area (Å²) in [6, 6.07) is 13.8. The zero-order chi connectivity index (χ0) is 22.7. The molecule has 2 heterocycles. The fourth-order valence-electron chi connectivity index (χ4n) is 3.68. The number of rotatable bonds is 4. The van der Waals surface area contributed by atoms with Crippen LogP contribution in [0.2, 0.25) is 0 Å². The van der Waals surface area contributed by atoms with Crippen LogP contribution in [0.4, 0.5) is 14.9 Å². The summed E-state index contributed by atoms with van der Waals surface area (Å²) in [4.78, 5) is 26.0. The summed E-state index contributed by atoms with van der Waals surface area (Å²) in [6.45, 7) is 3.85. The van der Waals surface area contributed by atoms with Crippen molar-refractivity contribution in [3.05, 3.63) is 88.8 Å². The first-order valence-electron chi connectivity index (χ1n) is 10.1. The molecule has 1 atom stereocenters. The Morgan fingerprint density at radius 3 is 2.78 bits per heavy atom. The molecule has 1 aromatic heterocycles. The van der Waals surface area contributed by atoms with Gasteiger partial charge in [0, 0.05) is 29.4 Å². The minimum Gasteiger partial charge on any atom is -0.444 e. The summed E-state index contributed by atoms with van der Waals surface area (Å²) in [5.74, 6) is 0.264. The molecule has 8 heteroatoms. The number of hydrogen-bond acceptors (Lipinski definition) is 6. The molecule has 6 nitrogen and oxygen atoms in total. The van der Waals surface area contributed by atoms with Crippen LogP contribution >= 0.6 is 11.8 Å². The Morgan fingerprint density at radius 2 is 2.03 bits per heavy atom. The molecule has 3 aromatic rings. The predicted molar refractivity (Wildman–Crippen MR) is 125 cm³/mol. The number of aliphatic imine (C=N–C) groups is 1. The average molecular weight is 451 g/mol. The highest BCUT2D eigenvalue weighted by molar-refractivity contribution is 8.13. The normalized spacial score (nSPS) is 17.3. The lowest BCUT2D eigenvalue weighted by atomic mass is 9.84. The minimum absolute atomic E-state index is 0.148. The van der Waals surface area contributed by atoms with E-state index in [0.717, 1.165) is 21.9 Å². The van der Waals surface area contributed by atoms with Gasteiger partial charge in [0.05, 0.1) is 11.2 Å². The maximum atomic E-state index is 14.9. The van der Waals surface area contributed by atoms with Crippen molar-refractivity contribution in [3.63, 3.8) is 0 Å². The molecule has 0 saturated heterocycles. The zero-order valence-electron chi connectivity index (χ0n) is 18.1. The van der Waals surface area contributed by atoms with E-state index in [1.54, 1.807) is 12.3 Å². The molecule has 1 aliphatic heterocycles. The third kappa shape index (κ3) is 4.65. The molecule has 164 valence electrons. The monoisotopic (exact) mass is 450 g/mol. The van der Waals surface area contributed by atoms with Gasteiger partial charge < -0.3 is 4.74 Å². The third-order valence-corrected chi connectivity index (χ3v) is 5.98. The molecular formula is C24H23FN4O2S. The highest BCUT2D eigenvalue weighted by Gasteiger charge is 2.36. The van der Waals surface area contributed by atoms with Gasteiger partial charge in [-0.3, -0.25) is 10.3 Å². The lowest BCUT2D eigenvalue weighted by Crippen LogP contribution is -2.31. The molecule has 0 aliphatic carbocycles. The van der Waals surface area contributed by atoms with Gasteiger partial charge in [-0.05, 0) is 43.9 Å². The molecule has 4 rings (SSSR count). The van der Waals surface area contributed by atoms with Crippen LogP contribution in [0.5, 0.6) is 0 Å². The Balaban J connectivity index is 1.57. The van der Waals surface area contributed by atoms with E-state index in [4.69, 9.17) is 9.73 Å². The minimum atomic E-state index is -0.873. The molecule has 1 aliphatic rings. The van der Waals surface area contributed by atoms with Crippen LogP contribution < -0.4 is 5.32 Å². The first-order chi connectivity index (χ1) is 15.4. The lowest BCUT2D eigenvalue weighted by Gasteiger charge is -2.32. The number of benzene rings is 2. The number of aryl methyl sites for hydroxylation is 1. The Morgan fingerprint density at radius 1 is 1.25 bits per heavy atom. The largest absolute Gasteiger partial charge is 0.444 e. The number of amides is 1. The van der Waals surface area contributed by atoms with Gasteiger partial charge in [0.2, 0.25) is 0 Å². The van der Waals surface area contributed by atoms with Crippen molar-refractivity contribution in [1.29, 1.82) is 0 Å². The molecule has 1 N–H and O–H groups in total. The van der Waals surface area contributed by atoms with Gasteiger partial charge in [-0.2, -0.15) is 0 Å². The quantitative estimate of drug-likeness (QED) is 0.587. The number of thioether (sulfide) groups is 1. The molecule has 0 spiro atoms. The number of fused-ring (bicyclic) bond motifs is 1. The van der Waals surface area contributed by atoms with Crippen molar-refractivity contribution >= 4 is 28.6 Å². The highest BCUT2D eigenvalue weighted by atomic mass is 32.2. The van der Waals surface area contributed by atoms with Crippen LogP contribution in [0, 0.1) is 12.7 Å². The van der Waals surface area contributed by atoms with Gasteiger partial charge in [-0.1, -0.05) is 30.3 Å². The second kappa shape index (κ2) is 9.08. The Labute approximate surface area is 190 Å². The van der Waals surface area contributed by atoms with Crippen LogP contribution in [0.1, 0.15) is 35.1 Å². The van der Waals surface area contributed by atoms with E-state index >= 15 is 0 Å². The first-order valence-corrected chi connectivity index (χ1v) is 11.3. The van der Waals surface area contributed by atoms with Crippen molar-refractivity contribution in [2.45, 2.75) is 32.4 Å². The maximum Gasteiger partial charge on any atom is 0.411 e. The van der Waals surface area contributed by atoms with Crippen LogP contribution in [0.3, 0.4) is 0 Å². The molecular weight excluding hydrogens is 427 g/mol. The number of nitrogens with zero attached hydrogens (tertiary/aromatic N) is 3. The summed E-state index contributed by atoms with van der Waals surface area (Å²) in [6.07, 6.45) is 3.51. The molecule has 0 fully saturated rings. The molecule has 0 bridgehead atoms. The van der Waals surface area contributed by atoms with Crippen molar-refractivity contribution < 1.29 is 13.9 Å². The van der Waals surface area contributed by atoms with Gasteiger partial charge in [-0.15, -0.1) is 11.8 Å². The SMILES string of the molecule is CSC1=N[C@](C)(c2cc(NC(=O)OCc3ccccc3)ccc2F)Cc2nc(C)ncc21. The number of ether oxygens (including phenoxy) is 1. The van der Waals surface area contributed by atoms with E-state index in [1.165, 1.54) is 23.9 Å². The lowest BCUT2D eigenvalue weighted by molar-refractivity contribution is 0.155. The maximum absolute atomic E-state index is 14.9. The molecule has 1 amide bonds. The second-order valence-electron chi connectivity index (χ2n) is 7.73. The van der Waals surface area contributed by atoms with Crippen molar-refractivity contribution in [2.24, 2.45) is 4.99 Å². The molecule has 0 saturated carbocycles. The standard InChI is InChI=1S/C24H23FN4O2S/c1-15-26-13-18-21(27-15)12-24(2,29-22(18)32-3)19-11-17(9-10-20(19)25)28-23(30)31-14-16-7-5-4-6-8-16/h4-11,13H,12,14H2,1-3H3,(H,28,30)/t24-/m0/s1. The van der Waals surface area contributed by atoms with Gasteiger partial charge >= 0.3 is 6.09 Å². The molecule has 32 heavy (non-hydrogen) atoms. The Bertz CT molecular complexity index is 1190. The number of carbonyl (C=O) groups is 1. The predicted octanol–water partition coefficient (Wildman–Crippen LogP) is 5.25. The van der Waals surface area contributed by atoms with E-state index in [2.05, 4.69) is 15.3 Å². The van der Waals surface area contributed by atoms with Crippen LogP contribution in [-0.2, 0) is 23.3 Å². The molecule has 0 unspecified atom stereocenters. The summed E-state index contributed by atoms with van der Waals surface area (Å²) in [5.41, 5.74) is 2.53. The third-order valence-electron chi connectivity index (χ3n) is 5.28. The van der Waals surface area contributed by atoms with E-state index in [-0.39, 0.29) is 6.61 Å². The van der Waals surface area contributed by atoms with Gasteiger partial charge in [0.1, 0.15) is 23.3 Å². The summed E-state index contributed by atoms with van der Waals surface area (Å²) in [7, 11) is 0. The van der Waals surface area contributed by atoms with Gasteiger partial charge in [0.25, 0.3) is 0 Å². The van der Waals surface area contributed by atoms with Crippen LogP contribution in [0.25, 0.3) is 0 Å². The van der Waals surface area contributed by atoms with Crippen LogP contribution in [-0.4, -0.2) is 27.4 Å². The number of nitrogens with one attached hydrogen (secondary N) is 1. The number of hydrogen-bond donors (Lipinski definition) is 1. The van der Waals surface area contributed by atoms with Gasteiger partial charge in [-0.25, -0.2) is 19.2 Å². The van der Waals surface area contributed by atoms with E-state index in [1.807, 2.05) is 50.4 Å². The fourth-order valence-corrected chi connectivity index (χ4v) is 4.37. The second-order valence-corrected chi connectivity index (χ2v) is 8.53. The Kier molecular flexibility index (Phi) is 6.23. The average Bonchev–Trinajstić information content (AvgIpc) is 2.78.